The molecule has 140 valence electrons. The van der Waals surface area contributed by atoms with Crippen molar-refractivity contribution in [2.75, 3.05) is 17.7 Å². The van der Waals surface area contributed by atoms with E-state index in [1.54, 1.807) is 13.2 Å². The number of anilines is 2. The number of nitrogens with zero attached hydrogens (tertiary/aromatic N) is 2. The summed E-state index contributed by atoms with van der Waals surface area (Å²) in [5, 5.41) is 14.9. The van der Waals surface area contributed by atoms with Gasteiger partial charge in [-0.2, -0.15) is 0 Å². The Morgan fingerprint density at radius 1 is 1.19 bits per heavy atom. The van der Waals surface area contributed by atoms with Crippen molar-refractivity contribution in [3.8, 4) is 5.75 Å². The molecule has 1 aromatic heterocycles. The van der Waals surface area contributed by atoms with E-state index in [0.29, 0.717) is 18.0 Å². The lowest BCUT2D eigenvalue weighted by molar-refractivity contribution is -0.115. The van der Waals surface area contributed by atoms with Crippen LogP contribution in [0.5, 0.6) is 5.75 Å². The average Bonchev–Trinajstić information content (AvgIpc) is 3.14. The van der Waals surface area contributed by atoms with Crippen molar-refractivity contribution in [1.29, 1.82) is 0 Å². The zero-order chi connectivity index (χ0) is 19.1. The van der Waals surface area contributed by atoms with E-state index < -0.39 is 0 Å². The van der Waals surface area contributed by atoms with Crippen molar-refractivity contribution in [3.05, 3.63) is 60.2 Å². The van der Waals surface area contributed by atoms with E-state index in [-0.39, 0.29) is 11.2 Å². The molecule has 1 atom stereocenters. The van der Waals surface area contributed by atoms with Crippen molar-refractivity contribution >= 4 is 39.8 Å². The maximum absolute atomic E-state index is 12.4. The molecule has 0 aliphatic rings. The van der Waals surface area contributed by atoms with Gasteiger partial charge in [0.2, 0.25) is 11.0 Å². The summed E-state index contributed by atoms with van der Waals surface area (Å²) in [7, 11) is 1.60. The van der Waals surface area contributed by atoms with Crippen molar-refractivity contribution in [3.63, 3.8) is 0 Å². The van der Waals surface area contributed by atoms with Crippen LogP contribution in [0.2, 0.25) is 0 Å². The lowest BCUT2D eigenvalue weighted by Gasteiger charge is -2.11. The topological polar surface area (TPSA) is 76.1 Å². The number of amides is 1. The van der Waals surface area contributed by atoms with Gasteiger partial charge in [-0.25, -0.2) is 0 Å². The fraction of sp³-hybridized carbons (Fsp3) is 0.211. The van der Waals surface area contributed by atoms with Gasteiger partial charge in [-0.05, 0) is 24.6 Å². The molecule has 2 N–H and O–H groups in total. The lowest BCUT2D eigenvalue weighted by Crippen LogP contribution is -2.22. The van der Waals surface area contributed by atoms with Crippen LogP contribution in [-0.4, -0.2) is 28.5 Å². The third-order valence-corrected chi connectivity index (χ3v) is 5.74. The summed E-state index contributed by atoms with van der Waals surface area (Å²) in [6.07, 6.45) is 0. The average molecular weight is 401 g/mol. The number of hydrogen-bond acceptors (Lipinski definition) is 7. The molecular weight excluding hydrogens is 380 g/mol. The van der Waals surface area contributed by atoms with E-state index in [1.165, 1.54) is 28.7 Å². The number of ether oxygens (including phenoxy) is 1. The predicted molar refractivity (Wildman–Crippen MR) is 111 cm³/mol. The van der Waals surface area contributed by atoms with Gasteiger partial charge < -0.3 is 15.4 Å². The van der Waals surface area contributed by atoms with Gasteiger partial charge in [0, 0.05) is 18.3 Å². The van der Waals surface area contributed by atoms with Gasteiger partial charge in [0.25, 0.3) is 0 Å². The number of benzene rings is 2. The Labute approximate surface area is 166 Å². The third-order valence-electron chi connectivity index (χ3n) is 3.68. The highest BCUT2D eigenvalue weighted by molar-refractivity contribution is 8.02. The van der Waals surface area contributed by atoms with E-state index in [0.717, 1.165) is 9.47 Å². The minimum Gasteiger partial charge on any atom is -0.497 e. The van der Waals surface area contributed by atoms with Crippen LogP contribution in [0, 0.1) is 0 Å². The number of thioether (sulfide) groups is 1. The number of aromatic nitrogens is 2. The SMILES string of the molecule is COc1cccc(NC(=O)[C@@H](C)Sc2nnc(NCc3ccccc3)s2)c1. The van der Waals surface area contributed by atoms with Crippen LogP contribution >= 0.6 is 23.1 Å². The number of rotatable bonds is 8. The number of carbonyl (C=O) groups excluding carboxylic acids is 1. The Kier molecular flexibility index (Phi) is 6.67. The van der Waals surface area contributed by atoms with E-state index >= 15 is 0 Å². The normalized spacial score (nSPS) is 11.6. The number of hydrogen-bond donors (Lipinski definition) is 2. The van der Waals surface area contributed by atoms with E-state index in [1.807, 2.05) is 43.3 Å². The van der Waals surface area contributed by atoms with E-state index in [9.17, 15) is 4.79 Å². The zero-order valence-electron chi connectivity index (χ0n) is 15.0. The molecule has 0 saturated heterocycles. The van der Waals surface area contributed by atoms with Crippen molar-refractivity contribution < 1.29 is 9.53 Å². The Morgan fingerprint density at radius 2 is 2.00 bits per heavy atom. The van der Waals surface area contributed by atoms with Crippen LogP contribution in [0.4, 0.5) is 10.8 Å². The van der Waals surface area contributed by atoms with Crippen LogP contribution < -0.4 is 15.4 Å². The second kappa shape index (κ2) is 9.38. The summed E-state index contributed by atoms with van der Waals surface area (Å²) >= 11 is 2.82. The number of methoxy groups -OCH3 is 1. The smallest absolute Gasteiger partial charge is 0.237 e. The highest BCUT2D eigenvalue weighted by Gasteiger charge is 2.17. The van der Waals surface area contributed by atoms with Gasteiger partial charge >= 0.3 is 0 Å². The van der Waals surface area contributed by atoms with Gasteiger partial charge in [0.05, 0.1) is 12.4 Å². The first-order valence-corrected chi connectivity index (χ1v) is 10.1. The minimum absolute atomic E-state index is 0.0951. The Bertz CT molecular complexity index is 886. The highest BCUT2D eigenvalue weighted by Crippen LogP contribution is 2.30. The van der Waals surface area contributed by atoms with Gasteiger partial charge in [0.1, 0.15) is 5.75 Å². The molecule has 1 amide bonds. The fourth-order valence-corrected chi connectivity index (χ4v) is 4.14. The molecule has 2 aromatic carbocycles. The van der Waals surface area contributed by atoms with Crippen molar-refractivity contribution in [2.24, 2.45) is 0 Å². The van der Waals surface area contributed by atoms with Crippen LogP contribution in [0.15, 0.2) is 58.9 Å². The highest BCUT2D eigenvalue weighted by atomic mass is 32.2. The molecule has 0 unspecified atom stereocenters. The summed E-state index contributed by atoms with van der Waals surface area (Å²) < 4.78 is 5.92. The molecule has 0 radical (unpaired) electrons. The summed E-state index contributed by atoms with van der Waals surface area (Å²) in [5.41, 5.74) is 1.88. The number of nitrogens with one attached hydrogen (secondary N) is 2. The fourth-order valence-electron chi connectivity index (χ4n) is 2.25. The summed E-state index contributed by atoms with van der Waals surface area (Å²) in [6, 6.07) is 17.4. The number of carbonyl (C=O) groups is 1. The van der Waals surface area contributed by atoms with E-state index in [2.05, 4.69) is 33.0 Å². The van der Waals surface area contributed by atoms with Crippen LogP contribution in [0.25, 0.3) is 0 Å². The van der Waals surface area contributed by atoms with Crippen molar-refractivity contribution in [1.82, 2.24) is 10.2 Å². The maximum atomic E-state index is 12.4. The van der Waals surface area contributed by atoms with Gasteiger partial charge in [-0.1, -0.05) is 59.5 Å². The Balaban J connectivity index is 1.52. The molecule has 0 saturated carbocycles. The monoisotopic (exact) mass is 400 g/mol. The molecule has 27 heavy (non-hydrogen) atoms. The van der Waals surface area contributed by atoms with Crippen molar-refractivity contribution in [2.45, 2.75) is 23.1 Å². The summed E-state index contributed by atoms with van der Waals surface area (Å²) in [5.74, 6) is 0.605. The first-order valence-electron chi connectivity index (χ1n) is 8.37. The molecule has 0 bridgehead atoms. The quantitative estimate of drug-likeness (QED) is 0.550. The summed E-state index contributed by atoms with van der Waals surface area (Å²) in [4.78, 5) is 12.4. The largest absolute Gasteiger partial charge is 0.497 e. The molecule has 0 aliphatic heterocycles. The Hall–Kier alpha value is -2.58. The second-order valence-electron chi connectivity index (χ2n) is 5.69. The third kappa shape index (κ3) is 5.70. The lowest BCUT2D eigenvalue weighted by atomic mass is 10.2. The van der Waals surface area contributed by atoms with Gasteiger partial charge in [0.15, 0.2) is 4.34 Å². The Morgan fingerprint density at radius 3 is 2.78 bits per heavy atom. The first-order chi connectivity index (χ1) is 13.1. The molecule has 3 rings (SSSR count). The van der Waals surface area contributed by atoms with Gasteiger partial charge in [-0.15, -0.1) is 10.2 Å². The van der Waals surface area contributed by atoms with Crippen LogP contribution in [-0.2, 0) is 11.3 Å². The minimum atomic E-state index is -0.300. The molecule has 1 heterocycles. The molecule has 0 spiro atoms. The van der Waals surface area contributed by atoms with E-state index in [4.69, 9.17) is 4.74 Å². The zero-order valence-corrected chi connectivity index (χ0v) is 16.6. The summed E-state index contributed by atoms with van der Waals surface area (Å²) in [6.45, 7) is 2.53. The molecular formula is C19H20N4O2S2. The molecule has 3 aromatic rings. The first kappa shape index (κ1) is 19.2. The standard InChI is InChI=1S/C19H20N4O2S2/c1-13(17(24)21-15-9-6-10-16(11-15)25-2)26-19-23-22-18(27-19)20-12-14-7-4-3-5-8-14/h3-11,13H,12H2,1-2H3,(H,20,22)(H,21,24)/t13-/m1/s1. The second-order valence-corrected chi connectivity index (χ2v) is 8.26. The molecule has 8 heteroatoms. The molecule has 0 fully saturated rings. The predicted octanol–water partition coefficient (Wildman–Crippen LogP) is 4.28. The molecule has 6 nitrogen and oxygen atoms in total. The van der Waals surface area contributed by atoms with Crippen LogP contribution in [0.3, 0.4) is 0 Å². The maximum Gasteiger partial charge on any atom is 0.237 e. The van der Waals surface area contributed by atoms with Crippen LogP contribution in [0.1, 0.15) is 12.5 Å². The van der Waals surface area contributed by atoms with Gasteiger partial charge in [-0.3, -0.25) is 4.79 Å². The molecule has 0 aliphatic carbocycles.